The van der Waals surface area contributed by atoms with Crippen LogP contribution >= 0.6 is 11.3 Å². The standard InChI is InChI=1S/C31H48S/c1-5-9-13-15-21-31(22-16-14-10-6-2)28-23-25(17-11-7-3)19-20-27(28)30-29(31)24-26(32-30)18-12-8-4/h19-20,23-24H,5-18,21-22H2,1-4H3. The zero-order chi connectivity index (χ0) is 22.8. The lowest BCUT2D eigenvalue weighted by Gasteiger charge is -2.32. The van der Waals surface area contributed by atoms with E-state index >= 15 is 0 Å². The van der Waals surface area contributed by atoms with Crippen molar-refractivity contribution in [1.29, 1.82) is 0 Å². The van der Waals surface area contributed by atoms with Gasteiger partial charge in [-0.1, -0.05) is 110 Å². The third-order valence-electron chi connectivity index (χ3n) is 7.65. The summed E-state index contributed by atoms with van der Waals surface area (Å²) < 4.78 is 0. The third kappa shape index (κ3) is 5.88. The van der Waals surface area contributed by atoms with E-state index in [1.807, 2.05) is 0 Å². The van der Waals surface area contributed by atoms with Crippen LogP contribution in [0.3, 0.4) is 0 Å². The number of fused-ring (bicyclic) bond motifs is 3. The summed E-state index contributed by atoms with van der Waals surface area (Å²) in [6.45, 7) is 9.30. The Morgan fingerprint density at radius 3 is 1.88 bits per heavy atom. The molecular weight excluding hydrogens is 404 g/mol. The summed E-state index contributed by atoms with van der Waals surface area (Å²) in [4.78, 5) is 3.25. The Kier molecular flexibility index (Phi) is 10.4. The van der Waals surface area contributed by atoms with Gasteiger partial charge in [-0.3, -0.25) is 0 Å². The minimum absolute atomic E-state index is 0.273. The van der Waals surface area contributed by atoms with Gasteiger partial charge in [-0.25, -0.2) is 0 Å². The number of hydrogen-bond acceptors (Lipinski definition) is 1. The molecule has 0 nitrogen and oxygen atoms in total. The predicted molar refractivity (Wildman–Crippen MR) is 145 cm³/mol. The van der Waals surface area contributed by atoms with Crippen LogP contribution in [0.1, 0.15) is 139 Å². The molecule has 2 aromatic rings. The van der Waals surface area contributed by atoms with Crippen molar-refractivity contribution in [3.05, 3.63) is 45.8 Å². The van der Waals surface area contributed by atoms with Gasteiger partial charge in [0.2, 0.25) is 0 Å². The molecule has 0 amide bonds. The molecule has 1 heterocycles. The van der Waals surface area contributed by atoms with E-state index in [9.17, 15) is 0 Å². The maximum absolute atomic E-state index is 2.65. The van der Waals surface area contributed by atoms with E-state index in [2.05, 4.69) is 63.3 Å². The lowest BCUT2D eigenvalue weighted by Crippen LogP contribution is -2.25. The third-order valence-corrected chi connectivity index (χ3v) is 8.88. The number of hydrogen-bond donors (Lipinski definition) is 0. The molecule has 1 aliphatic rings. The number of unbranched alkanes of at least 4 members (excludes halogenated alkanes) is 8. The molecule has 0 N–H and O–H groups in total. The monoisotopic (exact) mass is 452 g/mol. The van der Waals surface area contributed by atoms with Crippen LogP contribution in [0, 0.1) is 0 Å². The maximum Gasteiger partial charge on any atom is 0.0389 e. The van der Waals surface area contributed by atoms with E-state index in [1.54, 1.807) is 32.0 Å². The van der Waals surface area contributed by atoms with Crippen LogP contribution in [-0.4, -0.2) is 0 Å². The molecular formula is C31H48S. The Bertz CT molecular complexity index is 800. The molecule has 0 aliphatic heterocycles. The second-order valence-corrected chi connectivity index (χ2v) is 11.4. The maximum atomic E-state index is 2.65. The quantitative estimate of drug-likeness (QED) is 0.222. The van der Waals surface area contributed by atoms with Crippen molar-refractivity contribution in [2.24, 2.45) is 0 Å². The molecule has 32 heavy (non-hydrogen) atoms. The molecule has 0 unspecified atom stereocenters. The molecule has 1 aromatic heterocycles. The van der Waals surface area contributed by atoms with Crippen molar-refractivity contribution >= 4 is 11.3 Å². The van der Waals surface area contributed by atoms with E-state index in [0.717, 1.165) is 0 Å². The Labute approximate surface area is 203 Å². The molecule has 0 spiro atoms. The number of thiophene rings is 1. The van der Waals surface area contributed by atoms with Gasteiger partial charge in [0.25, 0.3) is 0 Å². The SMILES string of the molecule is CCCCCCC1(CCCCCC)c2cc(CCCC)ccc2-c2sc(CCCC)cc21. The lowest BCUT2D eigenvalue weighted by molar-refractivity contribution is 0.401. The van der Waals surface area contributed by atoms with Gasteiger partial charge >= 0.3 is 0 Å². The molecule has 1 aromatic carbocycles. The van der Waals surface area contributed by atoms with Crippen LogP contribution in [-0.2, 0) is 18.3 Å². The number of rotatable bonds is 16. The van der Waals surface area contributed by atoms with Gasteiger partial charge in [0.05, 0.1) is 0 Å². The van der Waals surface area contributed by atoms with E-state index in [4.69, 9.17) is 0 Å². The predicted octanol–water partition coefficient (Wildman–Crippen LogP) is 10.6. The highest BCUT2D eigenvalue weighted by Gasteiger charge is 2.43. The summed E-state index contributed by atoms with van der Waals surface area (Å²) in [5, 5.41) is 0. The highest BCUT2D eigenvalue weighted by molar-refractivity contribution is 7.15. The molecule has 1 aliphatic carbocycles. The smallest absolute Gasteiger partial charge is 0.0389 e. The van der Waals surface area contributed by atoms with E-state index in [1.165, 1.54) is 103 Å². The van der Waals surface area contributed by atoms with Gasteiger partial charge in [-0.2, -0.15) is 0 Å². The van der Waals surface area contributed by atoms with Gasteiger partial charge in [0.15, 0.2) is 0 Å². The molecule has 0 atom stereocenters. The summed E-state index contributed by atoms with van der Waals surface area (Å²) >= 11 is 2.12. The van der Waals surface area contributed by atoms with E-state index in [0.29, 0.717) is 0 Å². The molecule has 0 fully saturated rings. The normalized spacial score (nSPS) is 14.0. The van der Waals surface area contributed by atoms with Crippen molar-refractivity contribution in [1.82, 2.24) is 0 Å². The van der Waals surface area contributed by atoms with Crippen molar-refractivity contribution in [3.63, 3.8) is 0 Å². The fraction of sp³-hybridized carbons (Fsp3) is 0.677. The number of benzene rings is 1. The second kappa shape index (κ2) is 13.0. The molecule has 0 bridgehead atoms. The Morgan fingerprint density at radius 2 is 1.25 bits per heavy atom. The Hall–Kier alpha value is -1.08. The van der Waals surface area contributed by atoms with E-state index < -0.39 is 0 Å². The van der Waals surface area contributed by atoms with Crippen molar-refractivity contribution in [2.75, 3.05) is 0 Å². The second-order valence-electron chi connectivity index (χ2n) is 10.2. The topological polar surface area (TPSA) is 0 Å². The van der Waals surface area contributed by atoms with Gasteiger partial charge in [0.1, 0.15) is 0 Å². The van der Waals surface area contributed by atoms with Gasteiger partial charge in [-0.15, -0.1) is 11.3 Å². The highest BCUT2D eigenvalue weighted by Crippen LogP contribution is 2.57. The minimum atomic E-state index is 0.273. The van der Waals surface area contributed by atoms with Crippen LogP contribution in [0.2, 0.25) is 0 Å². The first-order valence-corrected chi connectivity index (χ1v) is 14.8. The summed E-state index contributed by atoms with van der Waals surface area (Å²) in [6, 6.07) is 10.2. The molecule has 1 heteroatoms. The first-order valence-electron chi connectivity index (χ1n) is 14.0. The summed E-state index contributed by atoms with van der Waals surface area (Å²) in [6.07, 6.45) is 21.3. The van der Waals surface area contributed by atoms with Crippen LogP contribution in [0.25, 0.3) is 10.4 Å². The molecule has 0 radical (unpaired) electrons. The van der Waals surface area contributed by atoms with E-state index in [-0.39, 0.29) is 5.41 Å². The molecule has 0 saturated heterocycles. The Morgan fingerprint density at radius 1 is 0.625 bits per heavy atom. The van der Waals surface area contributed by atoms with Gasteiger partial charge in [0, 0.05) is 15.2 Å². The Balaban J connectivity index is 2.01. The van der Waals surface area contributed by atoms with Crippen molar-refractivity contribution in [2.45, 2.75) is 136 Å². The summed E-state index contributed by atoms with van der Waals surface area (Å²) in [5.74, 6) is 0. The van der Waals surface area contributed by atoms with Crippen molar-refractivity contribution in [3.8, 4) is 10.4 Å². The highest BCUT2D eigenvalue weighted by atomic mass is 32.1. The summed E-state index contributed by atoms with van der Waals surface area (Å²) in [7, 11) is 0. The van der Waals surface area contributed by atoms with Gasteiger partial charge < -0.3 is 0 Å². The molecule has 3 rings (SSSR count). The minimum Gasteiger partial charge on any atom is -0.140 e. The zero-order valence-corrected chi connectivity index (χ0v) is 22.3. The van der Waals surface area contributed by atoms with Crippen LogP contribution in [0.15, 0.2) is 24.3 Å². The molecule has 178 valence electrons. The van der Waals surface area contributed by atoms with Gasteiger partial charge in [-0.05, 0) is 66.8 Å². The first kappa shape index (κ1) is 25.5. The first-order chi connectivity index (χ1) is 15.7. The average molecular weight is 453 g/mol. The largest absolute Gasteiger partial charge is 0.140 e. The van der Waals surface area contributed by atoms with Crippen LogP contribution in [0.5, 0.6) is 0 Å². The average Bonchev–Trinajstić information content (AvgIpc) is 3.34. The van der Waals surface area contributed by atoms with Crippen LogP contribution in [0.4, 0.5) is 0 Å². The fourth-order valence-electron chi connectivity index (χ4n) is 5.71. The van der Waals surface area contributed by atoms with Crippen molar-refractivity contribution < 1.29 is 0 Å². The molecule has 0 saturated carbocycles. The lowest BCUT2D eigenvalue weighted by atomic mass is 9.70. The van der Waals surface area contributed by atoms with Crippen LogP contribution < -0.4 is 0 Å². The number of aryl methyl sites for hydroxylation is 2. The fourth-order valence-corrected chi connectivity index (χ4v) is 7.05. The zero-order valence-electron chi connectivity index (χ0n) is 21.5. The summed E-state index contributed by atoms with van der Waals surface area (Å²) in [5.41, 5.74) is 6.83.